The Morgan fingerprint density at radius 1 is 1.21 bits per heavy atom. The molecule has 0 saturated carbocycles. The quantitative estimate of drug-likeness (QED) is 0.559. The van der Waals surface area contributed by atoms with E-state index in [-0.39, 0.29) is 24.3 Å². The van der Waals surface area contributed by atoms with Gasteiger partial charge in [0.1, 0.15) is 5.75 Å². The fraction of sp³-hybridized carbons (Fsp3) is 0.294. The predicted molar refractivity (Wildman–Crippen MR) is 92.3 cm³/mol. The zero-order chi connectivity index (χ0) is 20.7. The summed E-state index contributed by atoms with van der Waals surface area (Å²) in [7, 11) is -3.04. The van der Waals surface area contributed by atoms with E-state index in [1.54, 1.807) is 0 Å². The Hall–Kier alpha value is -2.66. The van der Waals surface area contributed by atoms with Crippen LogP contribution in [0.15, 0.2) is 47.4 Å². The minimum absolute atomic E-state index is 0.00964. The molecule has 3 rings (SSSR count). The number of ether oxygens (including phenoxy) is 1. The maximum atomic E-state index is 13.0. The lowest BCUT2D eigenvalue weighted by atomic mass is 9.99. The Balaban J connectivity index is 2.03. The molecule has 1 aliphatic heterocycles. The molecule has 0 bridgehead atoms. The second kappa shape index (κ2) is 7.06. The highest BCUT2D eigenvalue weighted by Crippen LogP contribution is 2.41. The van der Waals surface area contributed by atoms with Crippen LogP contribution in [0.2, 0.25) is 0 Å². The number of nitrogens with zero attached hydrogens (tertiary/aromatic N) is 2. The molecule has 0 unspecified atom stereocenters. The molecular weight excluding hydrogens is 401 g/mol. The molecule has 11 heteroatoms. The number of nitro groups is 1. The normalized spacial score (nSPS) is 17.1. The lowest BCUT2D eigenvalue weighted by Gasteiger charge is -2.32. The molecule has 0 fully saturated rings. The van der Waals surface area contributed by atoms with Crippen molar-refractivity contribution in [2.75, 3.05) is 13.7 Å². The van der Waals surface area contributed by atoms with Crippen molar-refractivity contribution in [3.63, 3.8) is 0 Å². The fourth-order valence-corrected chi connectivity index (χ4v) is 4.60. The maximum Gasteiger partial charge on any atom is 0.416 e. The lowest BCUT2D eigenvalue weighted by molar-refractivity contribution is -0.387. The summed E-state index contributed by atoms with van der Waals surface area (Å²) in [6.45, 7) is 0.00964. The number of fused-ring (bicyclic) bond motifs is 1. The van der Waals surface area contributed by atoms with Gasteiger partial charge in [0, 0.05) is 25.1 Å². The standard InChI is InChI=1S/C17H15F3N2O5S/c1-21(28(25,26)16-5-3-2-4-14(16)22(23)24)13-8-9-27-15-10-11(17(18,19)20)6-7-12(13)15/h2-7,10,13H,8-9H2,1H3/t13-/m1/s1. The van der Waals surface area contributed by atoms with Crippen molar-refractivity contribution in [2.45, 2.75) is 23.5 Å². The molecule has 0 saturated heterocycles. The van der Waals surface area contributed by atoms with Gasteiger partial charge in [-0.25, -0.2) is 8.42 Å². The monoisotopic (exact) mass is 416 g/mol. The molecule has 0 spiro atoms. The number of halogens is 3. The van der Waals surface area contributed by atoms with E-state index >= 15 is 0 Å². The number of para-hydroxylation sites is 1. The number of hydrogen-bond acceptors (Lipinski definition) is 5. The van der Waals surface area contributed by atoms with E-state index in [4.69, 9.17) is 4.74 Å². The SMILES string of the molecule is CN([C@@H]1CCOc2cc(C(F)(F)F)ccc21)S(=O)(=O)c1ccccc1[N+](=O)[O-]. The smallest absolute Gasteiger partial charge is 0.416 e. The van der Waals surface area contributed by atoms with E-state index in [1.807, 2.05) is 0 Å². The van der Waals surface area contributed by atoms with Gasteiger partial charge in [0.15, 0.2) is 4.90 Å². The summed E-state index contributed by atoms with van der Waals surface area (Å²) in [6, 6.07) is 6.94. The van der Waals surface area contributed by atoms with Gasteiger partial charge in [-0.05, 0) is 18.2 Å². The summed E-state index contributed by atoms with van der Waals surface area (Å²) < 4.78 is 71.0. The van der Waals surface area contributed by atoms with Gasteiger partial charge in [-0.1, -0.05) is 18.2 Å². The summed E-state index contributed by atoms with van der Waals surface area (Å²) in [5.41, 5.74) is -1.21. The molecule has 0 amide bonds. The zero-order valence-electron chi connectivity index (χ0n) is 14.5. The summed E-state index contributed by atoms with van der Waals surface area (Å²) in [4.78, 5) is 9.91. The Kier molecular flexibility index (Phi) is 5.06. The number of rotatable bonds is 4. The summed E-state index contributed by atoms with van der Waals surface area (Å²) >= 11 is 0. The maximum absolute atomic E-state index is 13.0. The lowest BCUT2D eigenvalue weighted by Crippen LogP contribution is -2.34. The molecule has 150 valence electrons. The van der Waals surface area contributed by atoms with Crippen LogP contribution in [0.4, 0.5) is 18.9 Å². The highest BCUT2D eigenvalue weighted by atomic mass is 32.2. The minimum Gasteiger partial charge on any atom is -0.493 e. The molecule has 2 aromatic rings. The molecule has 1 heterocycles. The number of hydrogen-bond donors (Lipinski definition) is 0. The second-order valence-electron chi connectivity index (χ2n) is 6.15. The Morgan fingerprint density at radius 3 is 2.54 bits per heavy atom. The van der Waals surface area contributed by atoms with Crippen molar-refractivity contribution < 1.29 is 31.2 Å². The van der Waals surface area contributed by atoms with E-state index in [2.05, 4.69) is 0 Å². The van der Waals surface area contributed by atoms with E-state index in [9.17, 15) is 31.7 Å². The molecule has 2 aromatic carbocycles. The molecule has 1 aliphatic rings. The van der Waals surface area contributed by atoms with Crippen molar-refractivity contribution in [3.05, 3.63) is 63.7 Å². The zero-order valence-corrected chi connectivity index (χ0v) is 15.3. The van der Waals surface area contributed by atoms with Gasteiger partial charge in [0.2, 0.25) is 10.0 Å². The molecule has 28 heavy (non-hydrogen) atoms. The van der Waals surface area contributed by atoms with Crippen molar-refractivity contribution in [1.82, 2.24) is 4.31 Å². The van der Waals surface area contributed by atoms with Crippen molar-refractivity contribution in [3.8, 4) is 5.75 Å². The first kappa shape index (κ1) is 20.1. The first-order chi connectivity index (χ1) is 13.0. The van der Waals surface area contributed by atoms with Crippen LogP contribution in [0.25, 0.3) is 0 Å². The average molecular weight is 416 g/mol. The van der Waals surface area contributed by atoms with E-state index in [0.29, 0.717) is 0 Å². The molecular formula is C17H15F3N2O5S. The summed E-state index contributed by atoms with van der Waals surface area (Å²) in [6.07, 6.45) is -4.37. The summed E-state index contributed by atoms with van der Waals surface area (Å²) in [5.74, 6) is -0.0595. The van der Waals surface area contributed by atoms with Gasteiger partial charge in [-0.2, -0.15) is 17.5 Å². The van der Waals surface area contributed by atoms with Gasteiger partial charge in [0.25, 0.3) is 5.69 Å². The first-order valence-corrected chi connectivity index (χ1v) is 9.53. The van der Waals surface area contributed by atoms with Crippen LogP contribution >= 0.6 is 0 Å². The average Bonchev–Trinajstić information content (AvgIpc) is 2.65. The molecule has 7 nitrogen and oxygen atoms in total. The predicted octanol–water partition coefficient (Wildman–Crippen LogP) is 3.76. The molecule has 1 atom stereocenters. The van der Waals surface area contributed by atoms with Crippen LogP contribution in [-0.4, -0.2) is 31.3 Å². The Bertz CT molecular complexity index is 1020. The van der Waals surface area contributed by atoms with Crippen molar-refractivity contribution in [1.29, 1.82) is 0 Å². The van der Waals surface area contributed by atoms with Crippen LogP contribution in [0, 0.1) is 10.1 Å². The van der Waals surface area contributed by atoms with Crippen LogP contribution < -0.4 is 4.74 Å². The highest BCUT2D eigenvalue weighted by Gasteiger charge is 2.38. The van der Waals surface area contributed by atoms with Crippen LogP contribution in [-0.2, 0) is 16.2 Å². The van der Waals surface area contributed by atoms with Gasteiger partial charge in [0.05, 0.1) is 23.1 Å². The van der Waals surface area contributed by atoms with E-state index in [1.165, 1.54) is 25.2 Å². The van der Waals surface area contributed by atoms with Crippen LogP contribution in [0.3, 0.4) is 0 Å². The molecule has 0 N–H and O–H groups in total. The largest absolute Gasteiger partial charge is 0.493 e. The fourth-order valence-electron chi connectivity index (χ4n) is 3.07. The van der Waals surface area contributed by atoms with E-state index in [0.717, 1.165) is 28.6 Å². The highest BCUT2D eigenvalue weighted by molar-refractivity contribution is 7.89. The second-order valence-corrected chi connectivity index (χ2v) is 8.12. The molecule has 0 aromatic heterocycles. The van der Waals surface area contributed by atoms with Gasteiger partial charge < -0.3 is 4.74 Å². The minimum atomic E-state index is -4.56. The van der Waals surface area contributed by atoms with E-state index < -0.39 is 43.3 Å². The Labute approximate surface area is 158 Å². The van der Waals surface area contributed by atoms with Crippen LogP contribution in [0.5, 0.6) is 5.75 Å². The topological polar surface area (TPSA) is 89.8 Å². The first-order valence-electron chi connectivity index (χ1n) is 8.09. The number of sulfonamides is 1. The van der Waals surface area contributed by atoms with Crippen molar-refractivity contribution >= 4 is 15.7 Å². The van der Waals surface area contributed by atoms with Gasteiger partial charge in [-0.3, -0.25) is 10.1 Å². The van der Waals surface area contributed by atoms with Crippen LogP contribution in [0.1, 0.15) is 23.6 Å². The molecule has 0 radical (unpaired) electrons. The number of alkyl halides is 3. The summed E-state index contributed by atoms with van der Waals surface area (Å²) in [5, 5.41) is 11.2. The van der Waals surface area contributed by atoms with Gasteiger partial charge >= 0.3 is 6.18 Å². The third kappa shape index (κ3) is 3.54. The molecule has 0 aliphatic carbocycles. The number of nitro benzene ring substituents is 1. The third-order valence-electron chi connectivity index (χ3n) is 4.51. The van der Waals surface area contributed by atoms with Gasteiger partial charge in [-0.15, -0.1) is 0 Å². The third-order valence-corrected chi connectivity index (χ3v) is 6.42. The van der Waals surface area contributed by atoms with Crippen molar-refractivity contribution in [2.24, 2.45) is 0 Å². The number of benzene rings is 2. The Morgan fingerprint density at radius 2 is 1.89 bits per heavy atom.